The molecule has 1 aromatic rings. The van der Waals surface area contributed by atoms with Crippen LogP contribution in [-0.4, -0.2) is 40.7 Å². The number of carboxylic acids is 1. The van der Waals surface area contributed by atoms with Crippen LogP contribution in [0.1, 0.15) is 19.4 Å². The van der Waals surface area contributed by atoms with Gasteiger partial charge in [0.1, 0.15) is 17.6 Å². The molecule has 8 heteroatoms. The molecule has 0 aliphatic carbocycles. The lowest BCUT2D eigenvalue weighted by atomic mass is 10.2. The van der Waals surface area contributed by atoms with Gasteiger partial charge in [-0.1, -0.05) is 18.7 Å². The lowest BCUT2D eigenvalue weighted by Crippen LogP contribution is -2.41. The van der Waals surface area contributed by atoms with Gasteiger partial charge in [0, 0.05) is 12.7 Å². The monoisotopic (exact) mass is 353 g/mol. The van der Waals surface area contributed by atoms with Crippen molar-refractivity contribution in [3.8, 4) is 5.75 Å². The van der Waals surface area contributed by atoms with Gasteiger partial charge in [-0.05, 0) is 30.8 Å². The number of hydrogen-bond acceptors (Lipinski definition) is 6. The first kappa shape index (κ1) is 19.6. The maximum absolute atomic E-state index is 11.9. The number of ether oxygens (including phenoxy) is 2. The highest BCUT2D eigenvalue weighted by Crippen LogP contribution is 2.27. The molecule has 1 aromatic carbocycles. The van der Waals surface area contributed by atoms with Gasteiger partial charge in [0.2, 0.25) is 5.91 Å². The highest BCUT2D eigenvalue weighted by molar-refractivity contribution is 8.13. The second-order valence-corrected chi connectivity index (χ2v) is 5.56. The molecule has 0 saturated heterocycles. The summed E-state index contributed by atoms with van der Waals surface area (Å²) in [6, 6.07) is 5.55. The fourth-order valence-electron chi connectivity index (χ4n) is 1.73. The molecule has 0 saturated carbocycles. The van der Waals surface area contributed by atoms with E-state index in [-0.39, 0.29) is 11.5 Å². The minimum Gasteiger partial charge on any atom is -0.494 e. The first-order chi connectivity index (χ1) is 11.3. The Morgan fingerprint density at radius 1 is 1.33 bits per heavy atom. The molecule has 7 nitrogen and oxygen atoms in total. The normalized spacial score (nSPS) is 11.2. The molecule has 0 spiro atoms. The Kier molecular flexibility index (Phi) is 7.84. The van der Waals surface area contributed by atoms with Crippen molar-refractivity contribution >= 4 is 34.7 Å². The number of carbonyl (C=O) groups is 3. The Labute approximate surface area is 144 Å². The van der Waals surface area contributed by atoms with E-state index in [4.69, 9.17) is 14.6 Å². The summed E-state index contributed by atoms with van der Waals surface area (Å²) in [5.74, 6) is -1.24. The fraction of sp³-hybridized carbons (Fsp3) is 0.312. The summed E-state index contributed by atoms with van der Waals surface area (Å²) < 4.78 is 10.5. The number of hydrogen-bond donors (Lipinski definition) is 2. The Hall–Kier alpha value is -2.48. The summed E-state index contributed by atoms with van der Waals surface area (Å²) in [5.41, 5.74) is 0.532. The number of para-hydroxylation sites is 1. The standard InChI is InChI=1S/C16H19NO6S/c1-4-22-10(2)12-7-5-6-8-14(12)23-16(21)24-9-13(15(19)20)17-11(3)18/h5-8,13H,2,4,9H2,1,3H3,(H,17,18)(H,19,20). The number of thioether (sulfide) groups is 1. The van der Waals surface area contributed by atoms with Gasteiger partial charge in [0.25, 0.3) is 0 Å². The molecule has 0 aliphatic heterocycles. The molecule has 24 heavy (non-hydrogen) atoms. The molecule has 0 radical (unpaired) electrons. The van der Waals surface area contributed by atoms with Gasteiger partial charge in [0.05, 0.1) is 12.2 Å². The third-order valence-corrected chi connectivity index (χ3v) is 3.56. The fourth-order valence-corrected chi connectivity index (χ4v) is 2.41. The van der Waals surface area contributed by atoms with Crippen molar-refractivity contribution in [1.82, 2.24) is 5.32 Å². The zero-order valence-electron chi connectivity index (χ0n) is 13.4. The van der Waals surface area contributed by atoms with E-state index in [2.05, 4.69) is 11.9 Å². The average molecular weight is 353 g/mol. The van der Waals surface area contributed by atoms with Crippen molar-refractivity contribution < 1.29 is 29.0 Å². The topological polar surface area (TPSA) is 102 Å². The van der Waals surface area contributed by atoms with Gasteiger partial charge < -0.3 is 19.9 Å². The first-order valence-electron chi connectivity index (χ1n) is 7.10. The van der Waals surface area contributed by atoms with E-state index in [0.717, 1.165) is 0 Å². The van der Waals surface area contributed by atoms with Crippen LogP contribution in [-0.2, 0) is 14.3 Å². The average Bonchev–Trinajstić information content (AvgIpc) is 2.51. The Morgan fingerprint density at radius 2 is 2.00 bits per heavy atom. The summed E-state index contributed by atoms with van der Waals surface area (Å²) in [7, 11) is 0. The molecule has 1 amide bonds. The van der Waals surface area contributed by atoms with Crippen molar-refractivity contribution in [3.05, 3.63) is 36.4 Å². The van der Waals surface area contributed by atoms with Crippen LogP contribution >= 0.6 is 11.8 Å². The van der Waals surface area contributed by atoms with Gasteiger partial charge in [-0.3, -0.25) is 4.79 Å². The highest BCUT2D eigenvalue weighted by atomic mass is 32.2. The van der Waals surface area contributed by atoms with Gasteiger partial charge in [-0.15, -0.1) is 0 Å². The molecule has 0 heterocycles. The quantitative estimate of drug-likeness (QED) is 0.547. The predicted molar refractivity (Wildman–Crippen MR) is 90.8 cm³/mol. The zero-order valence-corrected chi connectivity index (χ0v) is 14.2. The molecular formula is C16H19NO6S. The number of carboxylic acid groups (broad SMARTS) is 1. The van der Waals surface area contributed by atoms with Gasteiger partial charge in [-0.25, -0.2) is 9.59 Å². The van der Waals surface area contributed by atoms with Crippen LogP contribution < -0.4 is 10.1 Å². The van der Waals surface area contributed by atoms with Gasteiger partial charge >= 0.3 is 11.3 Å². The Morgan fingerprint density at radius 3 is 2.58 bits per heavy atom. The maximum atomic E-state index is 11.9. The van der Waals surface area contributed by atoms with E-state index >= 15 is 0 Å². The summed E-state index contributed by atoms with van der Waals surface area (Å²) in [5, 5.41) is 10.5. The van der Waals surface area contributed by atoms with Gasteiger partial charge in [-0.2, -0.15) is 0 Å². The van der Waals surface area contributed by atoms with Crippen molar-refractivity contribution in [1.29, 1.82) is 0 Å². The summed E-state index contributed by atoms with van der Waals surface area (Å²) in [6.45, 7) is 7.20. The number of carbonyl (C=O) groups excluding carboxylic acids is 2. The minimum absolute atomic E-state index is 0.150. The molecule has 1 atom stereocenters. The van der Waals surface area contributed by atoms with Gasteiger partial charge in [0.15, 0.2) is 0 Å². The lowest BCUT2D eigenvalue weighted by molar-refractivity contribution is -0.140. The third kappa shape index (κ3) is 6.33. The van der Waals surface area contributed by atoms with Crippen molar-refractivity contribution in [2.45, 2.75) is 19.9 Å². The SMILES string of the molecule is C=C(OCC)c1ccccc1OC(=O)SCC(NC(C)=O)C(=O)O. The molecule has 0 aromatic heterocycles. The molecule has 0 bridgehead atoms. The number of amides is 1. The maximum Gasteiger partial charge on any atom is 0.372 e. The number of rotatable bonds is 8. The molecule has 1 rings (SSSR count). The van der Waals surface area contributed by atoms with Crippen LogP contribution in [0.4, 0.5) is 4.79 Å². The van der Waals surface area contributed by atoms with Crippen molar-refractivity contribution in [2.75, 3.05) is 12.4 Å². The Balaban J connectivity index is 2.70. The zero-order chi connectivity index (χ0) is 18.1. The van der Waals surface area contributed by atoms with Crippen LogP contribution in [0.2, 0.25) is 0 Å². The molecule has 2 N–H and O–H groups in total. The van der Waals surface area contributed by atoms with Crippen molar-refractivity contribution in [3.63, 3.8) is 0 Å². The largest absolute Gasteiger partial charge is 0.494 e. The second kappa shape index (κ2) is 9.61. The number of benzene rings is 1. The molecule has 1 unspecified atom stereocenters. The summed E-state index contributed by atoms with van der Waals surface area (Å²) >= 11 is 0.656. The van der Waals surface area contributed by atoms with E-state index in [1.165, 1.54) is 6.92 Å². The first-order valence-corrected chi connectivity index (χ1v) is 8.09. The highest BCUT2D eigenvalue weighted by Gasteiger charge is 2.21. The smallest absolute Gasteiger partial charge is 0.372 e. The van der Waals surface area contributed by atoms with Crippen LogP contribution in [0.15, 0.2) is 30.8 Å². The lowest BCUT2D eigenvalue weighted by Gasteiger charge is -2.14. The van der Waals surface area contributed by atoms with Crippen molar-refractivity contribution in [2.24, 2.45) is 0 Å². The molecule has 0 fully saturated rings. The van der Waals surface area contributed by atoms with E-state index < -0.39 is 23.2 Å². The Bertz CT molecular complexity index is 631. The minimum atomic E-state index is -1.23. The van der Waals surface area contributed by atoms with E-state index in [0.29, 0.717) is 29.7 Å². The molecule has 130 valence electrons. The molecular weight excluding hydrogens is 334 g/mol. The van der Waals surface area contributed by atoms with Crippen LogP contribution in [0, 0.1) is 0 Å². The van der Waals surface area contributed by atoms with E-state index in [9.17, 15) is 14.4 Å². The summed E-state index contributed by atoms with van der Waals surface area (Å²) in [6.07, 6.45) is 0. The van der Waals surface area contributed by atoms with Crippen LogP contribution in [0.3, 0.4) is 0 Å². The molecule has 0 aliphatic rings. The third-order valence-electron chi connectivity index (χ3n) is 2.74. The van der Waals surface area contributed by atoms with E-state index in [1.807, 2.05) is 6.92 Å². The number of aliphatic carboxylic acids is 1. The van der Waals surface area contributed by atoms with Crippen LogP contribution in [0.25, 0.3) is 5.76 Å². The van der Waals surface area contributed by atoms with E-state index in [1.54, 1.807) is 24.3 Å². The number of nitrogens with one attached hydrogen (secondary N) is 1. The van der Waals surface area contributed by atoms with Crippen LogP contribution in [0.5, 0.6) is 5.75 Å². The second-order valence-electron chi connectivity index (χ2n) is 4.61. The summed E-state index contributed by atoms with van der Waals surface area (Å²) in [4.78, 5) is 33.9. The predicted octanol–water partition coefficient (Wildman–Crippen LogP) is 2.52.